The normalized spacial score (nSPS) is 14.1. The van der Waals surface area contributed by atoms with E-state index >= 15 is 0 Å². The third kappa shape index (κ3) is 6.18. The van der Waals surface area contributed by atoms with Crippen LogP contribution in [0.25, 0.3) is 0 Å². The minimum absolute atomic E-state index is 0.226. The molecule has 0 saturated carbocycles. The molecule has 1 aromatic heterocycles. The van der Waals surface area contributed by atoms with Gasteiger partial charge >= 0.3 is 0 Å². The highest BCUT2D eigenvalue weighted by atomic mass is 35.5. The molecule has 0 aliphatic rings. The minimum atomic E-state index is 0.226. The Balaban J connectivity index is 2.15. The van der Waals surface area contributed by atoms with Gasteiger partial charge < -0.3 is 5.32 Å². The molecule has 1 N–H and O–H groups in total. The Labute approximate surface area is 102 Å². The second-order valence-corrected chi connectivity index (χ2v) is 6.52. The molecule has 86 valence electrons. The van der Waals surface area contributed by atoms with Crippen LogP contribution in [0.3, 0.4) is 0 Å². The molecular formula is C12H20ClNS. The molecule has 0 bridgehead atoms. The fourth-order valence-electron chi connectivity index (χ4n) is 1.50. The molecule has 1 nitrogen and oxygen atoms in total. The standard InChI is InChI=1S/C12H20ClNS/c1-12(2,3)6-11(13)8-14-7-10-4-5-15-9-10/h4-5,9,11,14H,6-8H2,1-3H3. The SMILES string of the molecule is CC(C)(C)CC(Cl)CNCc1ccsc1. The van der Waals surface area contributed by atoms with Gasteiger partial charge in [0.25, 0.3) is 0 Å². The van der Waals surface area contributed by atoms with Crippen LogP contribution in [0.2, 0.25) is 0 Å². The van der Waals surface area contributed by atoms with Crippen LogP contribution in [0.5, 0.6) is 0 Å². The van der Waals surface area contributed by atoms with Crippen LogP contribution >= 0.6 is 22.9 Å². The van der Waals surface area contributed by atoms with Gasteiger partial charge in [-0.15, -0.1) is 11.6 Å². The molecule has 1 heterocycles. The minimum Gasteiger partial charge on any atom is -0.311 e. The van der Waals surface area contributed by atoms with Gasteiger partial charge in [-0.1, -0.05) is 20.8 Å². The summed E-state index contributed by atoms with van der Waals surface area (Å²) in [5.41, 5.74) is 1.66. The largest absolute Gasteiger partial charge is 0.311 e. The Kier molecular flexibility index (Phi) is 5.10. The predicted molar refractivity (Wildman–Crippen MR) is 69.7 cm³/mol. The highest BCUT2D eigenvalue weighted by Crippen LogP contribution is 2.23. The smallest absolute Gasteiger partial charge is 0.0465 e. The fourth-order valence-corrected chi connectivity index (χ4v) is 2.74. The summed E-state index contributed by atoms with van der Waals surface area (Å²) in [6.07, 6.45) is 1.05. The van der Waals surface area contributed by atoms with Crippen LogP contribution in [-0.2, 0) is 6.54 Å². The van der Waals surface area contributed by atoms with Crippen molar-refractivity contribution in [1.82, 2.24) is 5.32 Å². The summed E-state index contributed by atoms with van der Waals surface area (Å²) in [6.45, 7) is 8.48. The molecule has 15 heavy (non-hydrogen) atoms. The topological polar surface area (TPSA) is 12.0 Å². The highest BCUT2D eigenvalue weighted by molar-refractivity contribution is 7.07. The lowest BCUT2D eigenvalue weighted by molar-refractivity contribution is 0.364. The van der Waals surface area contributed by atoms with E-state index in [1.807, 2.05) is 0 Å². The van der Waals surface area contributed by atoms with Gasteiger partial charge in [0.1, 0.15) is 0 Å². The first-order valence-corrected chi connectivity index (χ1v) is 6.71. The van der Waals surface area contributed by atoms with Crippen molar-refractivity contribution in [1.29, 1.82) is 0 Å². The van der Waals surface area contributed by atoms with Gasteiger partial charge in [-0.05, 0) is 34.2 Å². The van der Waals surface area contributed by atoms with Crippen LogP contribution < -0.4 is 5.32 Å². The van der Waals surface area contributed by atoms with Gasteiger partial charge in [0, 0.05) is 18.5 Å². The fraction of sp³-hybridized carbons (Fsp3) is 0.667. The number of hydrogen-bond donors (Lipinski definition) is 1. The third-order valence-corrected chi connectivity index (χ3v) is 3.15. The molecule has 0 spiro atoms. The number of alkyl halides is 1. The summed E-state index contributed by atoms with van der Waals surface area (Å²) in [6, 6.07) is 2.14. The lowest BCUT2D eigenvalue weighted by Gasteiger charge is -2.21. The lowest BCUT2D eigenvalue weighted by Crippen LogP contribution is -2.26. The van der Waals surface area contributed by atoms with Gasteiger partial charge in [-0.2, -0.15) is 11.3 Å². The lowest BCUT2D eigenvalue weighted by atomic mass is 9.90. The van der Waals surface area contributed by atoms with Crippen LogP contribution in [0.1, 0.15) is 32.8 Å². The maximum Gasteiger partial charge on any atom is 0.0465 e. The molecule has 0 amide bonds. The van der Waals surface area contributed by atoms with E-state index < -0.39 is 0 Å². The average Bonchev–Trinajstić information content (AvgIpc) is 2.53. The molecule has 0 saturated heterocycles. The molecular weight excluding hydrogens is 226 g/mol. The van der Waals surface area contributed by atoms with Crippen LogP contribution in [0, 0.1) is 5.41 Å². The summed E-state index contributed by atoms with van der Waals surface area (Å²) in [4.78, 5) is 0. The molecule has 1 rings (SSSR count). The maximum atomic E-state index is 6.25. The highest BCUT2D eigenvalue weighted by Gasteiger charge is 2.16. The Bertz CT molecular complexity index is 264. The van der Waals surface area contributed by atoms with Crippen molar-refractivity contribution in [3.05, 3.63) is 22.4 Å². The Morgan fingerprint density at radius 2 is 2.20 bits per heavy atom. The van der Waals surface area contributed by atoms with E-state index in [4.69, 9.17) is 11.6 Å². The molecule has 3 heteroatoms. The first kappa shape index (κ1) is 13.0. The Morgan fingerprint density at radius 3 is 2.73 bits per heavy atom. The second-order valence-electron chi connectivity index (χ2n) is 5.12. The van der Waals surface area contributed by atoms with Crippen molar-refractivity contribution in [2.24, 2.45) is 5.41 Å². The summed E-state index contributed by atoms with van der Waals surface area (Å²) in [5.74, 6) is 0. The molecule has 1 aromatic rings. The third-order valence-electron chi connectivity index (χ3n) is 2.11. The molecule has 1 atom stereocenters. The van der Waals surface area contributed by atoms with Crippen molar-refractivity contribution in [2.45, 2.75) is 39.1 Å². The number of rotatable bonds is 5. The van der Waals surface area contributed by atoms with Gasteiger partial charge in [0.15, 0.2) is 0 Å². The quantitative estimate of drug-likeness (QED) is 0.777. The molecule has 0 radical (unpaired) electrons. The van der Waals surface area contributed by atoms with E-state index in [9.17, 15) is 0 Å². The monoisotopic (exact) mass is 245 g/mol. The molecule has 1 unspecified atom stereocenters. The number of halogens is 1. The number of nitrogens with one attached hydrogen (secondary N) is 1. The zero-order valence-corrected chi connectivity index (χ0v) is 11.3. The van der Waals surface area contributed by atoms with Crippen molar-refractivity contribution < 1.29 is 0 Å². The average molecular weight is 246 g/mol. The molecule has 0 aliphatic carbocycles. The van der Waals surface area contributed by atoms with Gasteiger partial charge in [0.2, 0.25) is 0 Å². The van der Waals surface area contributed by atoms with Crippen molar-refractivity contribution in [3.63, 3.8) is 0 Å². The van der Waals surface area contributed by atoms with Crippen LogP contribution in [0.4, 0.5) is 0 Å². The van der Waals surface area contributed by atoms with Gasteiger partial charge in [-0.25, -0.2) is 0 Å². The summed E-state index contributed by atoms with van der Waals surface area (Å²) in [7, 11) is 0. The van der Waals surface area contributed by atoms with E-state index in [1.165, 1.54) is 5.56 Å². The van der Waals surface area contributed by atoms with E-state index in [-0.39, 0.29) is 5.38 Å². The van der Waals surface area contributed by atoms with Crippen molar-refractivity contribution in [2.75, 3.05) is 6.54 Å². The van der Waals surface area contributed by atoms with Crippen molar-refractivity contribution in [3.8, 4) is 0 Å². The summed E-state index contributed by atoms with van der Waals surface area (Å²) >= 11 is 7.98. The van der Waals surface area contributed by atoms with Crippen LogP contribution in [-0.4, -0.2) is 11.9 Å². The van der Waals surface area contributed by atoms with Gasteiger partial charge in [-0.3, -0.25) is 0 Å². The zero-order chi connectivity index (χ0) is 11.3. The number of hydrogen-bond acceptors (Lipinski definition) is 2. The molecule has 0 fully saturated rings. The van der Waals surface area contributed by atoms with E-state index in [1.54, 1.807) is 11.3 Å². The van der Waals surface area contributed by atoms with E-state index in [0.717, 1.165) is 19.5 Å². The second kappa shape index (κ2) is 5.88. The van der Waals surface area contributed by atoms with E-state index in [2.05, 4.69) is 42.9 Å². The molecule has 0 aromatic carbocycles. The zero-order valence-electron chi connectivity index (χ0n) is 9.72. The van der Waals surface area contributed by atoms with Gasteiger partial charge in [0.05, 0.1) is 0 Å². The summed E-state index contributed by atoms with van der Waals surface area (Å²) < 4.78 is 0. The van der Waals surface area contributed by atoms with Crippen LogP contribution in [0.15, 0.2) is 16.8 Å². The predicted octanol–water partition coefficient (Wildman–Crippen LogP) is 3.88. The maximum absolute atomic E-state index is 6.25. The Hall–Kier alpha value is -0.0500. The number of thiophene rings is 1. The van der Waals surface area contributed by atoms with E-state index in [0.29, 0.717) is 5.41 Å². The molecule has 0 aliphatic heterocycles. The first-order valence-electron chi connectivity index (χ1n) is 5.33. The van der Waals surface area contributed by atoms with Crippen molar-refractivity contribution >= 4 is 22.9 Å². The Morgan fingerprint density at radius 1 is 1.47 bits per heavy atom. The summed E-state index contributed by atoms with van der Waals surface area (Å²) in [5, 5.41) is 7.88. The first-order chi connectivity index (χ1) is 6.97.